The van der Waals surface area contributed by atoms with E-state index in [4.69, 9.17) is 0 Å². The standard InChI is InChI=1S/C20H30/c1-3-4-16-7-10-20-14-19(12-11-18(20)13-16)17-8-5-15(2)6-9-17/h11-12,14-17H,3-10,13H2,1-2H3/t15-,16?,17-. The second kappa shape index (κ2) is 6.33. The van der Waals surface area contributed by atoms with Crippen molar-refractivity contribution < 1.29 is 0 Å². The summed E-state index contributed by atoms with van der Waals surface area (Å²) in [6, 6.07) is 7.48. The van der Waals surface area contributed by atoms with Crippen molar-refractivity contribution in [1.82, 2.24) is 0 Å². The molecule has 0 radical (unpaired) electrons. The molecule has 1 aromatic rings. The highest BCUT2D eigenvalue weighted by molar-refractivity contribution is 5.36. The molecule has 1 saturated carbocycles. The lowest BCUT2D eigenvalue weighted by Gasteiger charge is -2.29. The zero-order chi connectivity index (χ0) is 13.9. The van der Waals surface area contributed by atoms with E-state index in [1.807, 2.05) is 0 Å². The molecule has 0 heteroatoms. The summed E-state index contributed by atoms with van der Waals surface area (Å²) in [7, 11) is 0. The molecule has 0 nitrogen and oxygen atoms in total. The van der Waals surface area contributed by atoms with Crippen LogP contribution in [0.1, 0.15) is 81.4 Å². The van der Waals surface area contributed by atoms with E-state index in [9.17, 15) is 0 Å². The van der Waals surface area contributed by atoms with Gasteiger partial charge in [0.1, 0.15) is 0 Å². The van der Waals surface area contributed by atoms with Gasteiger partial charge in [-0.25, -0.2) is 0 Å². The van der Waals surface area contributed by atoms with Crippen LogP contribution in [0.4, 0.5) is 0 Å². The van der Waals surface area contributed by atoms with E-state index >= 15 is 0 Å². The molecule has 1 unspecified atom stereocenters. The summed E-state index contributed by atoms with van der Waals surface area (Å²) in [4.78, 5) is 0. The van der Waals surface area contributed by atoms with Gasteiger partial charge in [0.2, 0.25) is 0 Å². The van der Waals surface area contributed by atoms with Gasteiger partial charge in [-0.15, -0.1) is 0 Å². The Morgan fingerprint density at radius 2 is 1.80 bits per heavy atom. The number of rotatable bonds is 3. The van der Waals surface area contributed by atoms with Crippen molar-refractivity contribution in [3.05, 3.63) is 34.9 Å². The Morgan fingerprint density at radius 3 is 2.55 bits per heavy atom. The van der Waals surface area contributed by atoms with Gasteiger partial charge in [0.05, 0.1) is 0 Å². The molecular formula is C20H30. The van der Waals surface area contributed by atoms with Crippen molar-refractivity contribution >= 4 is 0 Å². The molecule has 1 aromatic carbocycles. The average molecular weight is 270 g/mol. The molecule has 0 spiro atoms. The van der Waals surface area contributed by atoms with Gasteiger partial charge >= 0.3 is 0 Å². The van der Waals surface area contributed by atoms with Crippen LogP contribution in [0.2, 0.25) is 0 Å². The van der Waals surface area contributed by atoms with E-state index in [0.717, 1.165) is 17.8 Å². The molecule has 2 aliphatic rings. The highest BCUT2D eigenvalue weighted by Crippen LogP contribution is 2.37. The molecule has 3 rings (SSSR count). The van der Waals surface area contributed by atoms with Gasteiger partial charge in [0.25, 0.3) is 0 Å². The van der Waals surface area contributed by atoms with E-state index in [0.29, 0.717) is 0 Å². The average Bonchev–Trinajstić information content (AvgIpc) is 2.48. The number of hydrogen-bond donors (Lipinski definition) is 0. The number of benzene rings is 1. The minimum absolute atomic E-state index is 0.852. The van der Waals surface area contributed by atoms with Crippen LogP contribution in [0.25, 0.3) is 0 Å². The van der Waals surface area contributed by atoms with Crippen LogP contribution in [-0.2, 0) is 12.8 Å². The smallest absolute Gasteiger partial charge is 0.0162 e. The molecule has 0 amide bonds. The van der Waals surface area contributed by atoms with Gasteiger partial charge in [-0.2, -0.15) is 0 Å². The van der Waals surface area contributed by atoms with E-state index in [-0.39, 0.29) is 0 Å². The molecule has 20 heavy (non-hydrogen) atoms. The molecule has 1 fully saturated rings. The lowest BCUT2D eigenvalue weighted by atomic mass is 9.76. The summed E-state index contributed by atoms with van der Waals surface area (Å²) in [5, 5.41) is 0. The van der Waals surface area contributed by atoms with Gasteiger partial charge in [-0.1, -0.05) is 57.7 Å². The SMILES string of the molecule is CCCC1CCc2cc([C@H]3CC[C@H](C)CC3)ccc2C1. The Kier molecular flexibility index (Phi) is 4.48. The lowest BCUT2D eigenvalue weighted by molar-refractivity contribution is 0.347. The van der Waals surface area contributed by atoms with Crippen LogP contribution >= 0.6 is 0 Å². The number of aryl methyl sites for hydroxylation is 1. The maximum Gasteiger partial charge on any atom is -0.0162 e. The predicted octanol–water partition coefficient (Wildman–Crippen LogP) is 5.89. The highest BCUT2D eigenvalue weighted by atomic mass is 14.3. The van der Waals surface area contributed by atoms with E-state index in [2.05, 4.69) is 32.0 Å². The predicted molar refractivity (Wildman–Crippen MR) is 87.2 cm³/mol. The van der Waals surface area contributed by atoms with Crippen molar-refractivity contribution in [2.45, 2.75) is 77.6 Å². The monoisotopic (exact) mass is 270 g/mol. The van der Waals surface area contributed by atoms with Crippen molar-refractivity contribution in [1.29, 1.82) is 0 Å². The molecule has 1 atom stereocenters. The third-order valence-electron chi connectivity index (χ3n) is 5.75. The molecular weight excluding hydrogens is 240 g/mol. The van der Waals surface area contributed by atoms with Crippen LogP contribution in [-0.4, -0.2) is 0 Å². The van der Waals surface area contributed by atoms with Crippen molar-refractivity contribution in [2.75, 3.05) is 0 Å². The molecule has 0 aliphatic heterocycles. The maximum absolute atomic E-state index is 2.57. The van der Waals surface area contributed by atoms with Crippen molar-refractivity contribution in [2.24, 2.45) is 11.8 Å². The van der Waals surface area contributed by atoms with E-state index in [1.165, 1.54) is 57.8 Å². The molecule has 0 bridgehead atoms. The first kappa shape index (κ1) is 14.2. The summed E-state index contributed by atoms with van der Waals surface area (Å²) >= 11 is 0. The minimum atomic E-state index is 0.852. The third-order valence-corrected chi connectivity index (χ3v) is 5.75. The Hall–Kier alpha value is -0.780. The van der Waals surface area contributed by atoms with Gasteiger partial charge in [-0.3, -0.25) is 0 Å². The number of fused-ring (bicyclic) bond motifs is 1. The highest BCUT2D eigenvalue weighted by Gasteiger charge is 2.22. The molecule has 0 heterocycles. The molecule has 0 N–H and O–H groups in total. The van der Waals surface area contributed by atoms with Crippen LogP contribution in [0, 0.1) is 11.8 Å². The Morgan fingerprint density at radius 1 is 1.00 bits per heavy atom. The Labute approximate surface area is 125 Å². The van der Waals surface area contributed by atoms with Gasteiger partial charge in [0, 0.05) is 0 Å². The Balaban J connectivity index is 1.71. The zero-order valence-corrected chi connectivity index (χ0v) is 13.3. The third kappa shape index (κ3) is 3.10. The normalized spacial score (nSPS) is 30.0. The second-order valence-electron chi connectivity index (χ2n) is 7.38. The molecule has 2 aliphatic carbocycles. The summed E-state index contributed by atoms with van der Waals surface area (Å²) in [5.74, 6) is 2.76. The fourth-order valence-corrected chi connectivity index (χ4v) is 4.35. The van der Waals surface area contributed by atoms with Crippen molar-refractivity contribution in [3.63, 3.8) is 0 Å². The molecule has 110 valence electrons. The maximum atomic E-state index is 2.57. The van der Waals surface area contributed by atoms with Gasteiger partial charge in [0.15, 0.2) is 0 Å². The molecule has 0 saturated heterocycles. The fourth-order valence-electron chi connectivity index (χ4n) is 4.35. The van der Waals surface area contributed by atoms with E-state index < -0.39 is 0 Å². The van der Waals surface area contributed by atoms with Crippen LogP contribution < -0.4 is 0 Å². The quantitative estimate of drug-likeness (QED) is 0.643. The first-order chi connectivity index (χ1) is 9.76. The van der Waals surface area contributed by atoms with Crippen molar-refractivity contribution in [3.8, 4) is 0 Å². The van der Waals surface area contributed by atoms with Gasteiger partial charge < -0.3 is 0 Å². The summed E-state index contributed by atoms with van der Waals surface area (Å²) in [6.07, 6.45) is 12.5. The van der Waals surface area contributed by atoms with Crippen LogP contribution in [0.3, 0.4) is 0 Å². The second-order valence-corrected chi connectivity index (χ2v) is 7.38. The van der Waals surface area contributed by atoms with Crippen LogP contribution in [0.5, 0.6) is 0 Å². The lowest BCUT2D eigenvalue weighted by Crippen LogP contribution is -2.16. The van der Waals surface area contributed by atoms with Gasteiger partial charge in [-0.05, 0) is 66.5 Å². The first-order valence-electron chi connectivity index (χ1n) is 8.88. The van der Waals surface area contributed by atoms with E-state index in [1.54, 1.807) is 16.7 Å². The number of hydrogen-bond acceptors (Lipinski definition) is 0. The summed E-state index contributed by atoms with van der Waals surface area (Å²) in [5.41, 5.74) is 4.97. The molecule has 0 aromatic heterocycles. The summed E-state index contributed by atoms with van der Waals surface area (Å²) < 4.78 is 0. The zero-order valence-electron chi connectivity index (χ0n) is 13.3. The topological polar surface area (TPSA) is 0 Å². The summed E-state index contributed by atoms with van der Waals surface area (Å²) in [6.45, 7) is 4.74. The minimum Gasteiger partial charge on any atom is -0.0654 e. The fraction of sp³-hybridized carbons (Fsp3) is 0.700. The van der Waals surface area contributed by atoms with Crippen LogP contribution in [0.15, 0.2) is 18.2 Å². The largest absolute Gasteiger partial charge is 0.0654 e. The first-order valence-corrected chi connectivity index (χ1v) is 8.88. The Bertz CT molecular complexity index is 437.